The van der Waals surface area contributed by atoms with Crippen LogP contribution < -0.4 is 15.8 Å². The topological polar surface area (TPSA) is 47.3 Å². The van der Waals surface area contributed by atoms with Gasteiger partial charge >= 0.3 is 0 Å². The summed E-state index contributed by atoms with van der Waals surface area (Å²) in [5.41, 5.74) is 7.59. The van der Waals surface area contributed by atoms with Crippen LogP contribution in [0.5, 0.6) is 5.75 Å². The number of alkyl halides is 2. The van der Waals surface area contributed by atoms with Crippen LogP contribution in [0, 0.1) is 0 Å². The van der Waals surface area contributed by atoms with Gasteiger partial charge in [0.1, 0.15) is 5.75 Å². The summed E-state index contributed by atoms with van der Waals surface area (Å²) in [7, 11) is 1.52. The van der Waals surface area contributed by atoms with Crippen molar-refractivity contribution in [3.05, 3.63) is 42.5 Å². The van der Waals surface area contributed by atoms with E-state index in [9.17, 15) is 8.78 Å². The number of nitrogen functional groups attached to an aromatic ring is 1. The summed E-state index contributed by atoms with van der Waals surface area (Å²) in [5, 5.41) is 3.09. The number of methoxy groups -OCH3 is 1. The van der Waals surface area contributed by atoms with Crippen molar-refractivity contribution in [3.8, 4) is 5.75 Å². The minimum Gasteiger partial charge on any atom is -0.495 e. The molecule has 2 rings (SSSR count). The van der Waals surface area contributed by atoms with Gasteiger partial charge in [-0.15, -0.1) is 0 Å². The third kappa shape index (κ3) is 3.54. The zero-order valence-corrected chi connectivity index (χ0v) is 11.6. The number of hydrogen-bond donors (Lipinski definition) is 2. The van der Waals surface area contributed by atoms with Gasteiger partial charge in [-0.1, -0.05) is 23.9 Å². The minimum absolute atomic E-state index is 0.485. The average molecular weight is 296 g/mol. The number of rotatable bonds is 5. The van der Waals surface area contributed by atoms with Crippen molar-refractivity contribution < 1.29 is 13.5 Å². The average Bonchev–Trinajstić information content (AvgIpc) is 2.42. The van der Waals surface area contributed by atoms with Gasteiger partial charge in [-0.2, -0.15) is 8.78 Å². The molecule has 6 heteroatoms. The molecule has 20 heavy (non-hydrogen) atoms. The molecule has 0 saturated carbocycles. The molecule has 0 aliphatic rings. The summed E-state index contributed by atoms with van der Waals surface area (Å²) in [5.74, 6) is -1.92. The highest BCUT2D eigenvalue weighted by Crippen LogP contribution is 2.34. The summed E-state index contributed by atoms with van der Waals surface area (Å²) < 4.78 is 30.1. The van der Waals surface area contributed by atoms with E-state index in [0.717, 1.165) is 5.69 Å². The Bertz CT molecular complexity index is 593. The van der Waals surface area contributed by atoms with Crippen molar-refractivity contribution in [1.29, 1.82) is 0 Å². The zero-order valence-electron chi connectivity index (χ0n) is 10.8. The van der Waals surface area contributed by atoms with Gasteiger partial charge in [-0.05, 0) is 24.3 Å². The normalized spacial score (nSPS) is 10.6. The molecular weight excluding hydrogens is 282 g/mol. The summed E-state index contributed by atoms with van der Waals surface area (Å²) >= 11 is 0.506. The van der Waals surface area contributed by atoms with Crippen LogP contribution in [0.4, 0.5) is 25.8 Å². The van der Waals surface area contributed by atoms with Crippen molar-refractivity contribution >= 4 is 28.8 Å². The first kappa shape index (κ1) is 14.5. The number of ether oxygens (including phenoxy) is 1. The number of para-hydroxylation sites is 1. The zero-order chi connectivity index (χ0) is 14.5. The van der Waals surface area contributed by atoms with E-state index in [1.54, 1.807) is 42.5 Å². The Morgan fingerprint density at radius 2 is 1.95 bits per heavy atom. The molecule has 0 amide bonds. The third-order valence-corrected chi connectivity index (χ3v) is 3.40. The molecule has 0 radical (unpaired) electrons. The molecule has 0 aliphatic heterocycles. The Labute approximate surface area is 120 Å². The van der Waals surface area contributed by atoms with Gasteiger partial charge in [-0.25, -0.2) is 0 Å². The first-order valence-corrected chi connectivity index (χ1v) is 6.72. The monoisotopic (exact) mass is 296 g/mol. The van der Waals surface area contributed by atoms with E-state index < -0.39 is 5.76 Å². The van der Waals surface area contributed by atoms with Crippen LogP contribution in [0.25, 0.3) is 0 Å². The van der Waals surface area contributed by atoms with Crippen LogP contribution in [0.2, 0.25) is 0 Å². The summed E-state index contributed by atoms with van der Waals surface area (Å²) in [4.78, 5) is 0.485. The number of nitrogens with two attached hydrogens (primary N) is 1. The molecule has 0 saturated heterocycles. The Morgan fingerprint density at radius 3 is 2.65 bits per heavy atom. The van der Waals surface area contributed by atoms with Gasteiger partial charge in [0.2, 0.25) is 0 Å². The van der Waals surface area contributed by atoms with Crippen LogP contribution in [-0.2, 0) is 0 Å². The Hall–Kier alpha value is -1.95. The summed E-state index contributed by atoms with van der Waals surface area (Å²) in [6.45, 7) is 0. The number of hydrogen-bond acceptors (Lipinski definition) is 4. The summed E-state index contributed by atoms with van der Waals surface area (Å²) in [6.07, 6.45) is 0. The van der Waals surface area contributed by atoms with Gasteiger partial charge in [-0.3, -0.25) is 0 Å². The molecule has 0 bridgehead atoms. The van der Waals surface area contributed by atoms with E-state index in [1.165, 1.54) is 7.11 Å². The second kappa shape index (κ2) is 6.47. The fourth-order valence-corrected chi connectivity index (χ4v) is 2.31. The second-order valence-corrected chi connectivity index (χ2v) is 4.99. The molecule has 2 aromatic rings. The number of halogens is 2. The van der Waals surface area contributed by atoms with Crippen LogP contribution in [0.15, 0.2) is 47.4 Å². The molecule has 0 unspecified atom stereocenters. The minimum atomic E-state index is -2.46. The lowest BCUT2D eigenvalue weighted by Crippen LogP contribution is -1.96. The Balaban J connectivity index is 2.25. The maximum Gasteiger partial charge on any atom is 0.288 e. The molecule has 0 spiro atoms. The lowest BCUT2D eigenvalue weighted by molar-refractivity contribution is 0.252. The number of nitrogens with one attached hydrogen (secondary N) is 1. The van der Waals surface area contributed by atoms with E-state index in [4.69, 9.17) is 10.5 Å². The third-order valence-electron chi connectivity index (χ3n) is 2.62. The van der Waals surface area contributed by atoms with E-state index in [2.05, 4.69) is 5.32 Å². The van der Waals surface area contributed by atoms with E-state index in [0.29, 0.717) is 33.8 Å². The highest BCUT2D eigenvalue weighted by Gasteiger charge is 2.10. The quantitative estimate of drug-likeness (QED) is 0.636. The van der Waals surface area contributed by atoms with Gasteiger partial charge in [0.15, 0.2) is 0 Å². The first-order chi connectivity index (χ1) is 9.60. The molecule has 0 fully saturated rings. The molecule has 0 aliphatic carbocycles. The molecular formula is C14H14F2N2OS. The van der Waals surface area contributed by atoms with Gasteiger partial charge in [0.05, 0.1) is 18.5 Å². The largest absolute Gasteiger partial charge is 0.495 e. The van der Waals surface area contributed by atoms with Gasteiger partial charge in [0.25, 0.3) is 5.76 Å². The van der Waals surface area contributed by atoms with E-state index >= 15 is 0 Å². The van der Waals surface area contributed by atoms with E-state index in [1.807, 2.05) is 0 Å². The molecule has 0 aromatic heterocycles. The van der Waals surface area contributed by atoms with Crippen molar-refractivity contribution in [2.75, 3.05) is 18.2 Å². The predicted octanol–water partition coefficient (Wildman–Crippen LogP) is 4.34. The molecule has 106 valence electrons. The van der Waals surface area contributed by atoms with Crippen LogP contribution in [0.1, 0.15) is 0 Å². The highest BCUT2D eigenvalue weighted by molar-refractivity contribution is 7.99. The van der Waals surface area contributed by atoms with Crippen molar-refractivity contribution in [2.24, 2.45) is 0 Å². The Morgan fingerprint density at radius 1 is 1.20 bits per heavy atom. The fourth-order valence-electron chi connectivity index (χ4n) is 1.71. The Kier molecular flexibility index (Phi) is 4.68. The molecule has 0 heterocycles. The maximum absolute atomic E-state index is 12.5. The smallest absolute Gasteiger partial charge is 0.288 e. The maximum atomic E-state index is 12.5. The number of thioether (sulfide) groups is 1. The van der Waals surface area contributed by atoms with Gasteiger partial charge < -0.3 is 15.8 Å². The van der Waals surface area contributed by atoms with Crippen molar-refractivity contribution in [2.45, 2.75) is 10.7 Å². The molecule has 3 nitrogen and oxygen atoms in total. The first-order valence-electron chi connectivity index (χ1n) is 5.84. The lowest BCUT2D eigenvalue weighted by Gasteiger charge is -2.13. The van der Waals surface area contributed by atoms with Crippen LogP contribution >= 0.6 is 11.8 Å². The second-order valence-electron chi connectivity index (χ2n) is 3.96. The van der Waals surface area contributed by atoms with E-state index in [-0.39, 0.29) is 0 Å². The van der Waals surface area contributed by atoms with Crippen molar-refractivity contribution in [3.63, 3.8) is 0 Å². The SMILES string of the molecule is COc1cc(Nc2ccccc2SC(F)F)ccc1N. The predicted molar refractivity (Wildman–Crippen MR) is 79.0 cm³/mol. The fraction of sp³-hybridized carbons (Fsp3) is 0.143. The van der Waals surface area contributed by atoms with Crippen LogP contribution in [-0.4, -0.2) is 12.9 Å². The molecule has 0 atom stereocenters. The standard InChI is InChI=1S/C14H14F2N2OS/c1-19-12-8-9(6-7-10(12)17)18-11-4-2-3-5-13(11)20-14(15)16/h2-8,14,18H,17H2,1H3. The molecule has 3 N–H and O–H groups in total. The molecule has 2 aromatic carbocycles. The van der Waals surface area contributed by atoms with Crippen molar-refractivity contribution in [1.82, 2.24) is 0 Å². The number of benzene rings is 2. The van der Waals surface area contributed by atoms with Gasteiger partial charge in [0, 0.05) is 16.6 Å². The van der Waals surface area contributed by atoms with Crippen LogP contribution in [0.3, 0.4) is 0 Å². The lowest BCUT2D eigenvalue weighted by atomic mass is 10.2. The highest BCUT2D eigenvalue weighted by atomic mass is 32.2. The summed E-state index contributed by atoms with van der Waals surface area (Å²) in [6, 6.07) is 12.1. The number of anilines is 3.